The van der Waals surface area contributed by atoms with Gasteiger partial charge in [-0.2, -0.15) is 0 Å². The molecule has 1 aromatic carbocycles. The van der Waals surface area contributed by atoms with Crippen molar-refractivity contribution in [2.24, 2.45) is 0 Å². The number of nitrogens with zero attached hydrogens (tertiary/aromatic N) is 1. The topological polar surface area (TPSA) is 98.5 Å². The zero-order valence-corrected chi connectivity index (χ0v) is 12.3. The molecule has 0 aromatic heterocycles. The van der Waals surface area contributed by atoms with Gasteiger partial charge in [-0.3, -0.25) is 10.1 Å². The number of nitro groups is 1. The Hall–Kier alpha value is -1.67. The van der Waals surface area contributed by atoms with Crippen LogP contribution in [0.25, 0.3) is 0 Å². The van der Waals surface area contributed by atoms with Crippen LogP contribution in [0.1, 0.15) is 13.3 Å². The van der Waals surface area contributed by atoms with Crippen molar-refractivity contribution in [3.05, 3.63) is 28.3 Å². The van der Waals surface area contributed by atoms with Gasteiger partial charge in [-0.15, -0.1) is 0 Å². The first-order valence-corrected chi connectivity index (χ1v) is 8.08. The molecule has 1 aromatic rings. The van der Waals surface area contributed by atoms with Crippen LogP contribution in [-0.2, 0) is 9.84 Å². The number of nitro benzene ring substituents is 1. The number of para-hydroxylation sites is 1. The van der Waals surface area contributed by atoms with Gasteiger partial charge in [0.25, 0.3) is 0 Å². The van der Waals surface area contributed by atoms with E-state index in [1.165, 1.54) is 18.2 Å². The quantitative estimate of drug-likeness (QED) is 0.442. The summed E-state index contributed by atoms with van der Waals surface area (Å²) in [7, 11) is -3.68. The fraction of sp³-hybridized carbons (Fsp3) is 0.500. The summed E-state index contributed by atoms with van der Waals surface area (Å²) in [6, 6.07) is 4.03. The molecule has 7 nitrogen and oxygen atoms in total. The van der Waals surface area contributed by atoms with E-state index in [0.717, 1.165) is 19.2 Å². The maximum absolute atomic E-state index is 11.6. The Morgan fingerprint density at radius 3 is 2.60 bits per heavy atom. The van der Waals surface area contributed by atoms with E-state index >= 15 is 0 Å². The second-order valence-electron chi connectivity index (χ2n) is 4.23. The van der Waals surface area contributed by atoms with Crippen LogP contribution in [0.5, 0.6) is 5.75 Å². The first kappa shape index (κ1) is 16.4. The van der Waals surface area contributed by atoms with Crippen molar-refractivity contribution < 1.29 is 18.1 Å². The maximum Gasteiger partial charge on any atom is 0.329 e. The van der Waals surface area contributed by atoms with Gasteiger partial charge < -0.3 is 10.1 Å². The summed E-state index contributed by atoms with van der Waals surface area (Å²) in [5, 5.41) is 14.2. The van der Waals surface area contributed by atoms with E-state index in [2.05, 4.69) is 5.32 Å². The summed E-state index contributed by atoms with van der Waals surface area (Å²) in [6.45, 7) is 3.62. The summed E-state index contributed by atoms with van der Waals surface area (Å²) in [5.41, 5.74) is -0.509. The van der Waals surface area contributed by atoms with Gasteiger partial charge in [-0.1, -0.05) is 13.0 Å². The molecule has 0 spiro atoms. The number of sulfone groups is 1. The number of nitrogens with one attached hydrogen (secondary N) is 1. The molecule has 0 saturated carbocycles. The van der Waals surface area contributed by atoms with Crippen molar-refractivity contribution in [2.45, 2.75) is 18.2 Å². The highest BCUT2D eigenvalue weighted by Gasteiger charge is 2.27. The van der Waals surface area contributed by atoms with Crippen LogP contribution in [0.15, 0.2) is 23.1 Å². The van der Waals surface area contributed by atoms with Gasteiger partial charge in [-0.05, 0) is 25.1 Å². The van der Waals surface area contributed by atoms with Gasteiger partial charge >= 0.3 is 5.69 Å². The molecule has 0 saturated heterocycles. The van der Waals surface area contributed by atoms with Crippen molar-refractivity contribution in [1.82, 2.24) is 5.32 Å². The third-order valence-corrected chi connectivity index (χ3v) is 3.64. The Labute approximate surface area is 118 Å². The molecule has 0 atom stereocenters. The Bertz CT molecular complexity index is 571. The maximum atomic E-state index is 11.6. The Morgan fingerprint density at radius 2 is 2.05 bits per heavy atom. The standard InChI is InChI=1S/C12H18N2O5S/c1-3-7-13-8-9-19-10-5-4-6-11(20(2,17)18)12(10)14(15)16/h4-6,13H,3,7-9H2,1-2H3. The summed E-state index contributed by atoms with van der Waals surface area (Å²) in [6.07, 6.45) is 1.91. The molecule has 0 radical (unpaired) electrons. The van der Waals surface area contributed by atoms with Crippen LogP contribution >= 0.6 is 0 Å². The molecule has 0 aliphatic heterocycles. The Kier molecular flexibility index (Phi) is 5.90. The average Bonchev–Trinajstić information content (AvgIpc) is 2.37. The second kappa shape index (κ2) is 7.20. The molecule has 0 aliphatic carbocycles. The third-order valence-electron chi connectivity index (χ3n) is 2.51. The van der Waals surface area contributed by atoms with Crippen LogP contribution in [0.4, 0.5) is 5.69 Å². The zero-order valence-electron chi connectivity index (χ0n) is 11.5. The van der Waals surface area contributed by atoms with Crippen molar-refractivity contribution in [1.29, 1.82) is 0 Å². The van der Waals surface area contributed by atoms with Crippen molar-refractivity contribution in [3.8, 4) is 5.75 Å². The molecular formula is C12H18N2O5S. The van der Waals surface area contributed by atoms with E-state index in [0.29, 0.717) is 6.54 Å². The zero-order chi connectivity index (χ0) is 15.2. The molecule has 0 heterocycles. The lowest BCUT2D eigenvalue weighted by Gasteiger charge is -2.09. The molecule has 8 heteroatoms. The van der Waals surface area contributed by atoms with E-state index in [1.54, 1.807) is 0 Å². The smallest absolute Gasteiger partial charge is 0.329 e. The largest absolute Gasteiger partial charge is 0.485 e. The van der Waals surface area contributed by atoms with Gasteiger partial charge in [0.15, 0.2) is 15.6 Å². The number of hydrogen-bond donors (Lipinski definition) is 1. The molecular weight excluding hydrogens is 284 g/mol. The molecule has 1 N–H and O–H groups in total. The van der Waals surface area contributed by atoms with Gasteiger partial charge in [0.05, 0.1) is 4.92 Å². The predicted molar refractivity (Wildman–Crippen MR) is 74.9 cm³/mol. The van der Waals surface area contributed by atoms with Crippen LogP contribution in [0.3, 0.4) is 0 Å². The lowest BCUT2D eigenvalue weighted by molar-refractivity contribution is -0.388. The molecule has 0 aliphatic rings. The average molecular weight is 302 g/mol. The van der Waals surface area contributed by atoms with Crippen molar-refractivity contribution >= 4 is 15.5 Å². The normalized spacial score (nSPS) is 11.3. The molecule has 20 heavy (non-hydrogen) atoms. The van der Waals surface area contributed by atoms with E-state index in [9.17, 15) is 18.5 Å². The van der Waals surface area contributed by atoms with Crippen LogP contribution in [0, 0.1) is 10.1 Å². The van der Waals surface area contributed by atoms with Crippen LogP contribution in [-0.4, -0.2) is 39.3 Å². The number of hydrogen-bond acceptors (Lipinski definition) is 6. The lowest BCUT2D eigenvalue weighted by Crippen LogP contribution is -2.21. The minimum absolute atomic E-state index is 0.0313. The molecule has 0 unspecified atom stereocenters. The third kappa shape index (κ3) is 4.46. The van der Waals surface area contributed by atoms with Gasteiger partial charge in [0, 0.05) is 12.8 Å². The monoisotopic (exact) mass is 302 g/mol. The van der Waals surface area contributed by atoms with Gasteiger partial charge in [-0.25, -0.2) is 8.42 Å². The van der Waals surface area contributed by atoms with E-state index < -0.39 is 20.4 Å². The Balaban J connectivity index is 2.94. The summed E-state index contributed by atoms with van der Waals surface area (Å²) >= 11 is 0. The Morgan fingerprint density at radius 1 is 1.35 bits per heavy atom. The van der Waals surface area contributed by atoms with E-state index in [-0.39, 0.29) is 17.3 Å². The molecule has 0 fully saturated rings. The first-order chi connectivity index (χ1) is 9.38. The summed E-state index contributed by atoms with van der Waals surface area (Å²) in [4.78, 5) is 10.0. The minimum Gasteiger partial charge on any atom is -0.485 e. The highest BCUT2D eigenvalue weighted by Crippen LogP contribution is 2.33. The predicted octanol–water partition coefficient (Wildman–Crippen LogP) is 1.38. The van der Waals surface area contributed by atoms with Crippen LogP contribution in [0.2, 0.25) is 0 Å². The van der Waals surface area contributed by atoms with Gasteiger partial charge in [0.1, 0.15) is 11.5 Å². The van der Waals surface area contributed by atoms with Gasteiger partial charge in [0.2, 0.25) is 0 Å². The van der Waals surface area contributed by atoms with Crippen molar-refractivity contribution in [3.63, 3.8) is 0 Å². The fourth-order valence-corrected chi connectivity index (χ4v) is 2.48. The molecule has 1 rings (SSSR count). The van der Waals surface area contributed by atoms with E-state index in [1.807, 2.05) is 6.92 Å². The van der Waals surface area contributed by atoms with Crippen molar-refractivity contribution in [2.75, 3.05) is 26.0 Å². The summed E-state index contributed by atoms with van der Waals surface area (Å²) in [5.74, 6) is -0.0313. The number of ether oxygens (including phenoxy) is 1. The highest BCUT2D eigenvalue weighted by atomic mass is 32.2. The van der Waals surface area contributed by atoms with Crippen LogP contribution < -0.4 is 10.1 Å². The lowest BCUT2D eigenvalue weighted by atomic mass is 10.3. The first-order valence-electron chi connectivity index (χ1n) is 6.19. The second-order valence-corrected chi connectivity index (χ2v) is 6.21. The van der Waals surface area contributed by atoms with E-state index in [4.69, 9.17) is 4.74 Å². The molecule has 112 valence electrons. The minimum atomic E-state index is -3.68. The fourth-order valence-electron chi connectivity index (χ4n) is 1.63. The number of benzene rings is 1. The molecule has 0 bridgehead atoms. The SMILES string of the molecule is CCCNCCOc1cccc(S(C)(=O)=O)c1[N+](=O)[O-]. The highest BCUT2D eigenvalue weighted by molar-refractivity contribution is 7.90. The molecule has 0 amide bonds. The summed E-state index contributed by atoms with van der Waals surface area (Å²) < 4.78 is 28.4. The number of rotatable bonds is 8.